The van der Waals surface area contributed by atoms with Gasteiger partial charge >= 0.3 is 12.1 Å². The Morgan fingerprint density at radius 3 is 2.44 bits per heavy atom. The number of benzene rings is 1. The highest BCUT2D eigenvalue weighted by molar-refractivity contribution is 5.89. The van der Waals surface area contributed by atoms with Gasteiger partial charge in [-0.1, -0.05) is 13.3 Å². The van der Waals surface area contributed by atoms with Crippen LogP contribution in [0.5, 0.6) is 5.75 Å². The number of ether oxygens (including phenoxy) is 2. The van der Waals surface area contributed by atoms with Crippen LogP contribution in [-0.4, -0.2) is 25.7 Å². The maximum absolute atomic E-state index is 11.3. The molecule has 5 nitrogen and oxygen atoms in total. The first-order chi connectivity index (χ1) is 8.67. The van der Waals surface area contributed by atoms with Crippen molar-refractivity contribution in [1.82, 2.24) is 5.32 Å². The molecule has 1 rings (SSSR count). The lowest BCUT2D eigenvalue weighted by molar-refractivity contribution is 0.0600. The van der Waals surface area contributed by atoms with E-state index >= 15 is 0 Å². The predicted octanol–water partition coefficient (Wildman–Crippen LogP) is 2.36. The molecular formula is C13H17NO4. The van der Waals surface area contributed by atoms with Gasteiger partial charge in [-0.2, -0.15) is 0 Å². The zero-order valence-electron chi connectivity index (χ0n) is 10.6. The molecule has 0 fully saturated rings. The molecule has 18 heavy (non-hydrogen) atoms. The van der Waals surface area contributed by atoms with Crippen molar-refractivity contribution in [3.63, 3.8) is 0 Å². The molecule has 0 heterocycles. The third kappa shape index (κ3) is 4.45. The van der Waals surface area contributed by atoms with Gasteiger partial charge in [-0.3, -0.25) is 0 Å². The first kappa shape index (κ1) is 14.0. The summed E-state index contributed by atoms with van der Waals surface area (Å²) in [6, 6.07) is 6.18. The molecule has 1 amide bonds. The molecular weight excluding hydrogens is 234 g/mol. The van der Waals surface area contributed by atoms with E-state index in [4.69, 9.17) is 4.74 Å². The minimum atomic E-state index is -0.491. The summed E-state index contributed by atoms with van der Waals surface area (Å²) in [4.78, 5) is 22.5. The van der Waals surface area contributed by atoms with Gasteiger partial charge in [0.2, 0.25) is 0 Å². The van der Waals surface area contributed by atoms with E-state index in [0.29, 0.717) is 17.9 Å². The number of rotatable bonds is 5. The molecule has 5 heteroatoms. The van der Waals surface area contributed by atoms with Crippen molar-refractivity contribution in [2.24, 2.45) is 0 Å². The number of hydrogen-bond donors (Lipinski definition) is 1. The quantitative estimate of drug-likeness (QED) is 0.644. The molecule has 98 valence electrons. The van der Waals surface area contributed by atoms with Crippen LogP contribution in [0.3, 0.4) is 0 Å². The van der Waals surface area contributed by atoms with Crippen molar-refractivity contribution in [3.8, 4) is 5.75 Å². The molecule has 0 unspecified atom stereocenters. The Kier molecular flexibility index (Phi) is 5.70. The van der Waals surface area contributed by atoms with Gasteiger partial charge in [0.05, 0.1) is 12.7 Å². The normalized spacial score (nSPS) is 9.67. The topological polar surface area (TPSA) is 64.6 Å². The van der Waals surface area contributed by atoms with Gasteiger partial charge in [-0.05, 0) is 30.7 Å². The second-order valence-electron chi connectivity index (χ2n) is 3.69. The molecule has 1 aromatic carbocycles. The molecule has 0 aliphatic heterocycles. The second-order valence-corrected chi connectivity index (χ2v) is 3.69. The summed E-state index contributed by atoms with van der Waals surface area (Å²) in [6.45, 7) is 2.63. The van der Waals surface area contributed by atoms with Gasteiger partial charge in [0.15, 0.2) is 0 Å². The summed E-state index contributed by atoms with van der Waals surface area (Å²) in [5, 5.41) is 2.63. The van der Waals surface area contributed by atoms with E-state index in [-0.39, 0.29) is 0 Å². The number of nitrogens with one attached hydrogen (secondary N) is 1. The highest BCUT2D eigenvalue weighted by atomic mass is 16.6. The monoisotopic (exact) mass is 251 g/mol. The van der Waals surface area contributed by atoms with Crippen LogP contribution in [0.1, 0.15) is 30.1 Å². The zero-order chi connectivity index (χ0) is 13.4. The first-order valence-electron chi connectivity index (χ1n) is 5.81. The van der Waals surface area contributed by atoms with Crippen LogP contribution >= 0.6 is 0 Å². The van der Waals surface area contributed by atoms with Crippen LogP contribution < -0.4 is 10.1 Å². The summed E-state index contributed by atoms with van der Waals surface area (Å²) in [5.41, 5.74) is 0.413. The molecule has 0 bridgehead atoms. The van der Waals surface area contributed by atoms with Gasteiger partial charge in [-0.15, -0.1) is 0 Å². The van der Waals surface area contributed by atoms with Gasteiger partial charge in [-0.25, -0.2) is 9.59 Å². The number of unbranched alkanes of at least 4 members (excludes halogenated alkanes) is 1. The summed E-state index contributed by atoms with van der Waals surface area (Å²) >= 11 is 0. The molecule has 0 aliphatic carbocycles. The maximum atomic E-state index is 11.3. The highest BCUT2D eigenvalue weighted by Gasteiger charge is 2.07. The van der Waals surface area contributed by atoms with Gasteiger partial charge in [0, 0.05) is 6.54 Å². The van der Waals surface area contributed by atoms with Crippen molar-refractivity contribution in [1.29, 1.82) is 0 Å². The standard InChI is InChI=1S/C13H17NO4/c1-3-4-9-14-13(16)18-11-7-5-10(6-8-11)12(15)17-2/h5-8H,3-4,9H2,1-2H3,(H,14,16). The molecule has 0 saturated heterocycles. The molecule has 1 aromatic rings. The second kappa shape index (κ2) is 7.32. The fraction of sp³-hybridized carbons (Fsp3) is 0.385. The van der Waals surface area contributed by atoms with Gasteiger partial charge in [0.25, 0.3) is 0 Å². The van der Waals surface area contributed by atoms with E-state index in [1.165, 1.54) is 7.11 Å². The van der Waals surface area contributed by atoms with Crippen LogP contribution in [0.25, 0.3) is 0 Å². The lowest BCUT2D eigenvalue weighted by Gasteiger charge is -2.06. The Morgan fingerprint density at radius 2 is 1.89 bits per heavy atom. The highest BCUT2D eigenvalue weighted by Crippen LogP contribution is 2.12. The van der Waals surface area contributed by atoms with E-state index in [0.717, 1.165) is 12.8 Å². The molecule has 1 N–H and O–H groups in total. The fourth-order valence-electron chi connectivity index (χ4n) is 1.29. The third-order valence-electron chi connectivity index (χ3n) is 2.29. The Hall–Kier alpha value is -2.04. The first-order valence-corrected chi connectivity index (χ1v) is 5.81. The van der Waals surface area contributed by atoms with Crippen LogP contribution in [0.15, 0.2) is 24.3 Å². The number of amides is 1. The van der Waals surface area contributed by atoms with Crippen molar-refractivity contribution >= 4 is 12.1 Å². The van der Waals surface area contributed by atoms with Crippen molar-refractivity contribution in [2.45, 2.75) is 19.8 Å². The molecule has 0 saturated carbocycles. The number of carbonyl (C=O) groups is 2. The fourth-order valence-corrected chi connectivity index (χ4v) is 1.29. The van der Waals surface area contributed by atoms with E-state index in [9.17, 15) is 9.59 Å². The number of esters is 1. The van der Waals surface area contributed by atoms with E-state index < -0.39 is 12.1 Å². The van der Waals surface area contributed by atoms with Crippen LogP contribution in [0.2, 0.25) is 0 Å². The zero-order valence-corrected chi connectivity index (χ0v) is 10.6. The number of hydrogen-bond acceptors (Lipinski definition) is 4. The van der Waals surface area contributed by atoms with Crippen molar-refractivity contribution in [2.75, 3.05) is 13.7 Å². The van der Waals surface area contributed by atoms with E-state index in [1.54, 1.807) is 24.3 Å². The average Bonchev–Trinajstić information content (AvgIpc) is 2.39. The predicted molar refractivity (Wildman–Crippen MR) is 66.7 cm³/mol. The summed E-state index contributed by atoms with van der Waals surface area (Å²) in [6.07, 6.45) is 1.43. The summed E-state index contributed by atoms with van der Waals surface area (Å²) < 4.78 is 9.59. The van der Waals surface area contributed by atoms with Crippen molar-refractivity contribution < 1.29 is 19.1 Å². The average molecular weight is 251 g/mol. The molecule has 0 atom stereocenters. The molecule has 0 aromatic heterocycles. The number of methoxy groups -OCH3 is 1. The minimum Gasteiger partial charge on any atom is -0.465 e. The van der Waals surface area contributed by atoms with Gasteiger partial charge < -0.3 is 14.8 Å². The minimum absolute atomic E-state index is 0.386. The summed E-state index contributed by atoms with van der Waals surface area (Å²) in [7, 11) is 1.31. The Morgan fingerprint density at radius 1 is 1.22 bits per heavy atom. The molecule has 0 radical (unpaired) electrons. The Labute approximate surface area is 106 Å². The third-order valence-corrected chi connectivity index (χ3v) is 2.29. The Balaban J connectivity index is 2.48. The molecule has 0 spiro atoms. The summed E-state index contributed by atoms with van der Waals surface area (Å²) in [5.74, 6) is -0.0365. The smallest absolute Gasteiger partial charge is 0.412 e. The van der Waals surface area contributed by atoms with Crippen molar-refractivity contribution in [3.05, 3.63) is 29.8 Å². The van der Waals surface area contributed by atoms with Crippen LogP contribution in [0.4, 0.5) is 4.79 Å². The van der Waals surface area contributed by atoms with Crippen LogP contribution in [0, 0.1) is 0 Å². The lowest BCUT2D eigenvalue weighted by atomic mass is 10.2. The Bertz CT molecular complexity index is 400. The largest absolute Gasteiger partial charge is 0.465 e. The van der Waals surface area contributed by atoms with E-state index in [1.807, 2.05) is 6.92 Å². The van der Waals surface area contributed by atoms with E-state index in [2.05, 4.69) is 10.1 Å². The lowest BCUT2D eigenvalue weighted by Crippen LogP contribution is -2.27. The van der Waals surface area contributed by atoms with Gasteiger partial charge in [0.1, 0.15) is 5.75 Å². The number of carbonyl (C=O) groups excluding carboxylic acids is 2. The molecule has 0 aliphatic rings. The SMILES string of the molecule is CCCCNC(=O)Oc1ccc(C(=O)OC)cc1. The maximum Gasteiger partial charge on any atom is 0.412 e. The van der Waals surface area contributed by atoms with Crippen LogP contribution in [-0.2, 0) is 4.74 Å².